The van der Waals surface area contributed by atoms with Crippen molar-refractivity contribution in [3.8, 4) is 0 Å². The Balaban J connectivity index is 1.74. The highest BCUT2D eigenvalue weighted by Crippen LogP contribution is 2.23. The summed E-state index contributed by atoms with van der Waals surface area (Å²) in [7, 11) is -3.22. The number of benzene rings is 1. The van der Waals surface area contributed by atoms with Gasteiger partial charge in [0.05, 0.1) is 12.0 Å². The molecule has 0 radical (unpaired) electrons. The van der Waals surface area contributed by atoms with Crippen LogP contribution in [-0.2, 0) is 27.8 Å². The SMILES string of the molecule is Cc1cc(CC2=CC3C=CC=CC3=NC2=O)ccc1CNS(C)(=O)=O. The average molecular weight is 356 g/mol. The first kappa shape index (κ1) is 17.5. The van der Waals surface area contributed by atoms with Crippen LogP contribution in [0.3, 0.4) is 0 Å². The van der Waals surface area contributed by atoms with Gasteiger partial charge in [-0.15, -0.1) is 0 Å². The van der Waals surface area contributed by atoms with Crippen LogP contribution >= 0.6 is 0 Å². The first-order valence-corrected chi connectivity index (χ1v) is 9.92. The summed E-state index contributed by atoms with van der Waals surface area (Å²) in [6.45, 7) is 2.20. The Morgan fingerprint density at radius 1 is 1.24 bits per heavy atom. The molecule has 0 bridgehead atoms. The number of aryl methyl sites for hydroxylation is 1. The van der Waals surface area contributed by atoms with Crippen molar-refractivity contribution >= 4 is 21.6 Å². The second kappa shape index (κ2) is 6.90. The zero-order valence-electron chi connectivity index (χ0n) is 14.2. The number of hydrogen-bond acceptors (Lipinski definition) is 3. The molecule has 1 unspecified atom stereocenters. The maximum Gasteiger partial charge on any atom is 0.273 e. The van der Waals surface area contributed by atoms with E-state index >= 15 is 0 Å². The molecule has 130 valence electrons. The third-order valence-corrected chi connectivity index (χ3v) is 4.92. The van der Waals surface area contributed by atoms with Crippen molar-refractivity contribution in [2.45, 2.75) is 19.9 Å². The number of dihydropyridines is 1. The minimum absolute atomic E-state index is 0.0667. The molecule has 5 nitrogen and oxygen atoms in total. The van der Waals surface area contributed by atoms with Gasteiger partial charge < -0.3 is 0 Å². The molecule has 0 fully saturated rings. The van der Waals surface area contributed by atoms with E-state index < -0.39 is 10.0 Å². The van der Waals surface area contributed by atoms with Crippen molar-refractivity contribution < 1.29 is 13.2 Å². The summed E-state index contributed by atoms with van der Waals surface area (Å²) in [6, 6.07) is 5.81. The van der Waals surface area contributed by atoms with Gasteiger partial charge in [0.15, 0.2) is 0 Å². The number of rotatable bonds is 5. The van der Waals surface area contributed by atoms with Gasteiger partial charge in [-0.3, -0.25) is 4.79 Å². The van der Waals surface area contributed by atoms with E-state index in [-0.39, 0.29) is 18.4 Å². The number of carbonyl (C=O) groups excluding carboxylic acids is 1. The summed E-state index contributed by atoms with van der Waals surface area (Å²) in [6.07, 6.45) is 11.4. The number of nitrogens with zero attached hydrogens (tertiary/aromatic N) is 1. The predicted molar refractivity (Wildman–Crippen MR) is 98.9 cm³/mol. The lowest BCUT2D eigenvalue weighted by atomic mass is 9.90. The zero-order chi connectivity index (χ0) is 18.0. The minimum atomic E-state index is -3.22. The number of sulfonamides is 1. The first-order chi connectivity index (χ1) is 11.8. The summed E-state index contributed by atoms with van der Waals surface area (Å²) in [5, 5.41) is 0. The van der Waals surface area contributed by atoms with Gasteiger partial charge in [0.1, 0.15) is 0 Å². The van der Waals surface area contributed by atoms with Gasteiger partial charge in [0.2, 0.25) is 10.0 Å². The standard InChI is InChI=1S/C19H20N2O3S/c1-13-9-14(7-8-16(13)12-20-25(2,23)24)10-17-11-15-5-3-4-6-18(15)21-19(17)22/h3-9,11,15,20H,10,12H2,1-2H3. The third kappa shape index (κ3) is 4.41. The van der Waals surface area contributed by atoms with Gasteiger partial charge in [-0.05, 0) is 29.7 Å². The molecular formula is C19H20N2O3S. The van der Waals surface area contributed by atoms with Crippen LogP contribution in [0.1, 0.15) is 16.7 Å². The minimum Gasteiger partial charge on any atom is -0.267 e. The summed E-state index contributed by atoms with van der Waals surface area (Å²) in [5.41, 5.74) is 4.39. The Labute approximate surface area is 147 Å². The summed E-state index contributed by atoms with van der Waals surface area (Å²) >= 11 is 0. The highest BCUT2D eigenvalue weighted by molar-refractivity contribution is 7.88. The van der Waals surface area contributed by atoms with Gasteiger partial charge >= 0.3 is 0 Å². The molecule has 2 aliphatic rings. The van der Waals surface area contributed by atoms with Crippen LogP contribution in [0.25, 0.3) is 0 Å². The Hall–Kier alpha value is -2.31. The maximum atomic E-state index is 12.2. The van der Waals surface area contributed by atoms with E-state index in [0.29, 0.717) is 12.0 Å². The van der Waals surface area contributed by atoms with E-state index in [1.54, 1.807) is 0 Å². The monoisotopic (exact) mass is 356 g/mol. The fraction of sp³-hybridized carbons (Fsp3) is 0.263. The Kier molecular flexibility index (Phi) is 4.83. The fourth-order valence-corrected chi connectivity index (χ4v) is 3.32. The van der Waals surface area contributed by atoms with Crippen LogP contribution in [0.5, 0.6) is 0 Å². The van der Waals surface area contributed by atoms with Crippen molar-refractivity contribution in [1.29, 1.82) is 0 Å². The van der Waals surface area contributed by atoms with Crippen LogP contribution in [-0.4, -0.2) is 26.3 Å². The summed E-state index contributed by atoms with van der Waals surface area (Å²) < 4.78 is 24.9. The van der Waals surface area contributed by atoms with Crippen LogP contribution in [0.2, 0.25) is 0 Å². The number of hydrogen-bond donors (Lipinski definition) is 1. The molecule has 1 amide bonds. The molecule has 1 heterocycles. The van der Waals surface area contributed by atoms with Gasteiger partial charge in [0.25, 0.3) is 5.91 Å². The smallest absolute Gasteiger partial charge is 0.267 e. The van der Waals surface area contributed by atoms with Crippen LogP contribution in [0.4, 0.5) is 0 Å². The molecule has 0 saturated heterocycles. The maximum absolute atomic E-state index is 12.2. The van der Waals surface area contributed by atoms with Crippen LogP contribution < -0.4 is 4.72 Å². The van der Waals surface area contributed by atoms with Crippen molar-refractivity contribution in [2.75, 3.05) is 6.26 Å². The number of amides is 1. The normalized spacial score (nSPS) is 19.4. The Bertz CT molecular complexity index is 937. The third-order valence-electron chi connectivity index (χ3n) is 4.25. The average Bonchev–Trinajstić information content (AvgIpc) is 2.54. The van der Waals surface area contributed by atoms with E-state index in [1.807, 2.05) is 55.5 Å². The van der Waals surface area contributed by atoms with E-state index in [9.17, 15) is 13.2 Å². The fourth-order valence-electron chi connectivity index (χ4n) is 2.91. The molecule has 0 aromatic heterocycles. The molecule has 25 heavy (non-hydrogen) atoms. The molecule has 1 atom stereocenters. The van der Waals surface area contributed by atoms with E-state index in [4.69, 9.17) is 0 Å². The Morgan fingerprint density at radius 2 is 2.04 bits per heavy atom. The second-order valence-electron chi connectivity index (χ2n) is 6.33. The van der Waals surface area contributed by atoms with Crippen LogP contribution in [0, 0.1) is 12.8 Å². The van der Waals surface area contributed by atoms with Crippen molar-refractivity contribution in [2.24, 2.45) is 10.9 Å². The van der Waals surface area contributed by atoms with E-state index in [1.165, 1.54) is 0 Å². The molecule has 3 rings (SSSR count). The van der Waals surface area contributed by atoms with E-state index in [0.717, 1.165) is 28.7 Å². The van der Waals surface area contributed by atoms with Crippen molar-refractivity contribution in [1.82, 2.24) is 4.72 Å². The molecule has 0 saturated carbocycles. The van der Waals surface area contributed by atoms with E-state index in [2.05, 4.69) is 9.71 Å². The van der Waals surface area contributed by atoms with Crippen molar-refractivity contribution in [3.63, 3.8) is 0 Å². The largest absolute Gasteiger partial charge is 0.273 e. The van der Waals surface area contributed by atoms with Gasteiger partial charge in [0, 0.05) is 24.5 Å². The molecule has 1 aromatic rings. The number of allylic oxidation sites excluding steroid dienone is 5. The number of carbonyl (C=O) groups is 1. The number of aliphatic imine (C=N–C) groups is 1. The van der Waals surface area contributed by atoms with Gasteiger partial charge in [-0.25, -0.2) is 18.1 Å². The highest BCUT2D eigenvalue weighted by atomic mass is 32.2. The topological polar surface area (TPSA) is 75.6 Å². The first-order valence-electron chi connectivity index (χ1n) is 8.03. The summed E-state index contributed by atoms with van der Waals surface area (Å²) in [4.78, 5) is 16.4. The highest BCUT2D eigenvalue weighted by Gasteiger charge is 2.22. The lowest BCUT2D eigenvalue weighted by Gasteiger charge is -2.18. The number of fused-ring (bicyclic) bond motifs is 1. The molecule has 0 spiro atoms. The zero-order valence-corrected chi connectivity index (χ0v) is 15.0. The van der Waals surface area contributed by atoms with Crippen molar-refractivity contribution in [3.05, 3.63) is 70.8 Å². The van der Waals surface area contributed by atoms with Gasteiger partial charge in [-0.1, -0.05) is 42.5 Å². The second-order valence-corrected chi connectivity index (χ2v) is 8.17. The lowest BCUT2D eigenvalue weighted by Crippen LogP contribution is -2.22. The molecular weight excluding hydrogens is 336 g/mol. The molecule has 1 N–H and O–H groups in total. The molecule has 1 aliphatic carbocycles. The molecule has 1 aromatic carbocycles. The molecule has 1 aliphatic heterocycles. The van der Waals surface area contributed by atoms with Crippen LogP contribution in [0.15, 0.2) is 59.1 Å². The summed E-state index contributed by atoms with van der Waals surface area (Å²) in [5.74, 6) is -0.122. The predicted octanol–water partition coefficient (Wildman–Crippen LogP) is 2.24. The molecule has 6 heteroatoms. The quantitative estimate of drug-likeness (QED) is 0.879. The lowest BCUT2D eigenvalue weighted by molar-refractivity contribution is -0.114. The Morgan fingerprint density at radius 3 is 2.76 bits per heavy atom. The number of nitrogens with one attached hydrogen (secondary N) is 1. The van der Waals surface area contributed by atoms with Gasteiger partial charge in [-0.2, -0.15) is 0 Å².